The molecule has 1 amide bonds. The monoisotopic (exact) mass is 457 g/mol. The third-order valence-electron chi connectivity index (χ3n) is 5.18. The molecule has 0 bridgehead atoms. The van der Waals surface area contributed by atoms with Gasteiger partial charge in [0.2, 0.25) is 0 Å². The van der Waals surface area contributed by atoms with Crippen LogP contribution < -0.4 is 15.5 Å². The van der Waals surface area contributed by atoms with Gasteiger partial charge in [-0.15, -0.1) is 0 Å². The van der Waals surface area contributed by atoms with Crippen LogP contribution in [-0.2, 0) is 16.1 Å². The second-order valence-corrected chi connectivity index (χ2v) is 7.40. The zero-order chi connectivity index (χ0) is 23.5. The molecule has 0 saturated carbocycles. The molecular formula is C21H20F5N3O3. The minimum Gasteiger partial charge on any atom is -0.474 e. The number of nitrogens with one attached hydrogen (secondary N) is 2. The van der Waals surface area contributed by atoms with Crippen molar-refractivity contribution in [1.29, 1.82) is 0 Å². The molecule has 0 aliphatic carbocycles. The predicted molar refractivity (Wildman–Crippen MR) is 107 cm³/mol. The van der Waals surface area contributed by atoms with Crippen LogP contribution >= 0.6 is 0 Å². The van der Waals surface area contributed by atoms with E-state index in [-0.39, 0.29) is 43.9 Å². The van der Waals surface area contributed by atoms with Gasteiger partial charge >= 0.3 is 18.1 Å². The van der Waals surface area contributed by atoms with Crippen LogP contribution in [-0.4, -0.2) is 36.2 Å². The van der Waals surface area contributed by atoms with Crippen LogP contribution in [0, 0.1) is 17.6 Å². The van der Waals surface area contributed by atoms with Gasteiger partial charge in [0, 0.05) is 31.0 Å². The number of hydrogen-bond acceptors (Lipinski definition) is 4. The molecule has 0 atom stereocenters. The summed E-state index contributed by atoms with van der Waals surface area (Å²) < 4.78 is 67.6. The molecule has 6 nitrogen and oxygen atoms in total. The van der Waals surface area contributed by atoms with Gasteiger partial charge in [0.15, 0.2) is 11.6 Å². The van der Waals surface area contributed by atoms with Crippen LogP contribution in [0.1, 0.15) is 18.4 Å². The smallest absolute Gasteiger partial charge is 0.394 e. The maximum Gasteiger partial charge on any atom is 0.394 e. The van der Waals surface area contributed by atoms with E-state index in [0.717, 1.165) is 12.1 Å². The number of halogens is 5. The molecule has 0 unspecified atom stereocenters. The number of hydrogen-bond donors (Lipinski definition) is 3. The van der Waals surface area contributed by atoms with Crippen molar-refractivity contribution in [3.8, 4) is 0 Å². The standard InChI is InChI=1S/C21H20F5N3O3/c22-16-9-15(28-14-3-1-12(2-4-14)11-27-19(30)20(31)32)10-17(23)18(16)29-7-5-13(6-8-29)21(24,25)26/h1-4,9-10,13,28H,5-8,11H2,(H,27,30)(H,31,32). The summed E-state index contributed by atoms with van der Waals surface area (Å²) in [5, 5.41) is 13.6. The lowest BCUT2D eigenvalue weighted by Gasteiger charge is -2.34. The molecular weight excluding hydrogens is 437 g/mol. The fourth-order valence-corrected chi connectivity index (χ4v) is 3.50. The second kappa shape index (κ2) is 9.41. The molecule has 1 fully saturated rings. The number of piperidine rings is 1. The van der Waals surface area contributed by atoms with Gasteiger partial charge in [-0.05, 0) is 42.7 Å². The van der Waals surface area contributed by atoms with Gasteiger partial charge in [-0.3, -0.25) is 4.79 Å². The van der Waals surface area contributed by atoms with E-state index in [4.69, 9.17) is 5.11 Å². The summed E-state index contributed by atoms with van der Waals surface area (Å²) in [5.74, 6) is -5.97. The summed E-state index contributed by atoms with van der Waals surface area (Å²) in [6.45, 7) is -0.191. The predicted octanol–water partition coefficient (Wildman–Crippen LogP) is 4.19. The molecule has 0 spiro atoms. The van der Waals surface area contributed by atoms with Crippen LogP contribution in [0.4, 0.5) is 39.0 Å². The number of benzene rings is 2. The Bertz CT molecular complexity index is 964. The van der Waals surface area contributed by atoms with Crippen molar-refractivity contribution in [1.82, 2.24) is 5.32 Å². The summed E-state index contributed by atoms with van der Waals surface area (Å²) in [7, 11) is 0. The van der Waals surface area contributed by atoms with Crippen LogP contribution in [0.5, 0.6) is 0 Å². The van der Waals surface area contributed by atoms with Gasteiger partial charge in [0.1, 0.15) is 5.69 Å². The SMILES string of the molecule is O=C(O)C(=O)NCc1ccc(Nc2cc(F)c(N3CCC(C(F)(F)F)CC3)c(F)c2)cc1. The minimum absolute atomic E-state index is 0.00556. The van der Waals surface area contributed by atoms with Crippen molar-refractivity contribution in [2.75, 3.05) is 23.3 Å². The Kier molecular flexibility index (Phi) is 6.85. The zero-order valence-electron chi connectivity index (χ0n) is 16.7. The molecule has 172 valence electrons. The zero-order valence-corrected chi connectivity index (χ0v) is 16.7. The number of rotatable bonds is 5. The lowest BCUT2D eigenvalue weighted by molar-refractivity contribution is -0.179. The summed E-state index contributed by atoms with van der Waals surface area (Å²) in [4.78, 5) is 22.8. The minimum atomic E-state index is -4.31. The van der Waals surface area contributed by atoms with E-state index in [2.05, 4.69) is 10.6 Å². The van der Waals surface area contributed by atoms with E-state index < -0.39 is 35.6 Å². The van der Waals surface area contributed by atoms with Gasteiger partial charge < -0.3 is 20.6 Å². The van der Waals surface area contributed by atoms with E-state index >= 15 is 0 Å². The molecule has 1 aliphatic rings. The fraction of sp³-hybridized carbons (Fsp3) is 0.333. The second-order valence-electron chi connectivity index (χ2n) is 7.40. The van der Waals surface area contributed by atoms with Gasteiger partial charge in [-0.1, -0.05) is 12.1 Å². The van der Waals surface area contributed by atoms with E-state index in [1.165, 1.54) is 4.90 Å². The molecule has 0 radical (unpaired) electrons. The van der Waals surface area contributed by atoms with Crippen molar-refractivity contribution in [3.05, 3.63) is 53.6 Å². The summed E-state index contributed by atoms with van der Waals surface area (Å²) in [6, 6.07) is 8.47. The Balaban J connectivity index is 1.64. The van der Waals surface area contributed by atoms with Crippen LogP contribution in [0.25, 0.3) is 0 Å². The molecule has 2 aromatic carbocycles. The molecule has 3 rings (SSSR count). The van der Waals surface area contributed by atoms with E-state index in [1.54, 1.807) is 24.3 Å². The lowest BCUT2D eigenvalue weighted by Crippen LogP contribution is -2.39. The van der Waals surface area contributed by atoms with E-state index in [0.29, 0.717) is 11.3 Å². The van der Waals surface area contributed by atoms with Gasteiger partial charge in [0.05, 0.1) is 5.92 Å². The molecule has 1 saturated heterocycles. The highest BCUT2D eigenvalue weighted by atomic mass is 19.4. The quantitative estimate of drug-likeness (QED) is 0.464. The first-order chi connectivity index (χ1) is 15.0. The van der Waals surface area contributed by atoms with Gasteiger partial charge in [0.25, 0.3) is 0 Å². The number of alkyl halides is 3. The normalized spacial score (nSPS) is 14.8. The molecule has 32 heavy (non-hydrogen) atoms. The summed E-state index contributed by atoms with van der Waals surface area (Å²) in [6.07, 6.45) is -4.75. The van der Waals surface area contributed by atoms with Crippen molar-refractivity contribution in [2.24, 2.45) is 5.92 Å². The van der Waals surface area contributed by atoms with E-state index in [1.807, 2.05) is 0 Å². The van der Waals surface area contributed by atoms with Crippen molar-refractivity contribution >= 4 is 28.9 Å². The van der Waals surface area contributed by atoms with Crippen LogP contribution in [0.15, 0.2) is 36.4 Å². The number of nitrogens with zero attached hydrogens (tertiary/aromatic N) is 1. The Morgan fingerprint density at radius 2 is 1.56 bits per heavy atom. The topological polar surface area (TPSA) is 81.7 Å². The van der Waals surface area contributed by atoms with Gasteiger partial charge in [-0.2, -0.15) is 13.2 Å². The third-order valence-corrected chi connectivity index (χ3v) is 5.18. The Morgan fingerprint density at radius 3 is 2.06 bits per heavy atom. The first-order valence-corrected chi connectivity index (χ1v) is 9.72. The highest BCUT2D eigenvalue weighted by Gasteiger charge is 2.41. The molecule has 1 aliphatic heterocycles. The summed E-state index contributed by atoms with van der Waals surface area (Å²) >= 11 is 0. The number of carboxylic acids is 1. The number of aliphatic carboxylic acids is 1. The average molecular weight is 457 g/mol. The van der Waals surface area contributed by atoms with Crippen molar-refractivity contribution in [2.45, 2.75) is 25.6 Å². The number of amides is 1. The Labute approximate surface area is 180 Å². The Morgan fingerprint density at radius 1 is 1.00 bits per heavy atom. The number of carboxylic acid groups (broad SMARTS) is 1. The first-order valence-electron chi connectivity index (χ1n) is 9.72. The molecule has 1 heterocycles. The lowest BCUT2D eigenvalue weighted by atomic mass is 9.96. The molecule has 11 heteroatoms. The number of carbonyl (C=O) groups is 2. The largest absolute Gasteiger partial charge is 0.474 e. The highest BCUT2D eigenvalue weighted by molar-refractivity contribution is 6.31. The van der Waals surface area contributed by atoms with Gasteiger partial charge in [-0.25, -0.2) is 13.6 Å². The molecule has 0 aromatic heterocycles. The third kappa shape index (κ3) is 5.65. The first kappa shape index (κ1) is 23.3. The van der Waals surface area contributed by atoms with Crippen LogP contribution in [0.2, 0.25) is 0 Å². The highest BCUT2D eigenvalue weighted by Crippen LogP contribution is 2.37. The molecule has 2 aromatic rings. The van der Waals surface area contributed by atoms with Crippen molar-refractivity contribution < 1.29 is 36.6 Å². The fourth-order valence-electron chi connectivity index (χ4n) is 3.50. The summed E-state index contributed by atoms with van der Waals surface area (Å²) in [5.41, 5.74) is 0.859. The maximum absolute atomic E-state index is 14.6. The average Bonchev–Trinajstić information content (AvgIpc) is 2.72. The number of anilines is 3. The van der Waals surface area contributed by atoms with Crippen molar-refractivity contribution in [3.63, 3.8) is 0 Å². The molecule has 3 N–H and O–H groups in total. The van der Waals surface area contributed by atoms with Crippen LogP contribution in [0.3, 0.4) is 0 Å². The Hall–Kier alpha value is -3.37. The maximum atomic E-state index is 14.6. The van der Waals surface area contributed by atoms with E-state index in [9.17, 15) is 31.5 Å². The number of carbonyl (C=O) groups excluding carboxylic acids is 1.